The Hall–Kier alpha value is -2.62. The third-order valence-electron chi connectivity index (χ3n) is 4.66. The van der Waals surface area contributed by atoms with Crippen molar-refractivity contribution in [1.29, 1.82) is 0 Å². The minimum absolute atomic E-state index is 0.0556. The monoisotopic (exact) mass is 336 g/mol. The van der Waals surface area contributed by atoms with Gasteiger partial charge in [-0.05, 0) is 51.7 Å². The van der Waals surface area contributed by atoms with Gasteiger partial charge in [-0.2, -0.15) is 0 Å². The number of allylic oxidation sites excluding steroid dienone is 2. The zero-order valence-electron chi connectivity index (χ0n) is 15.2. The smallest absolute Gasteiger partial charge is 0.163 e. The SMILES string of the molecule is CC(C)=CCC[C@@H](C)c1c(O)c(O)c(C)c2nc3ccccc3nc12. The van der Waals surface area contributed by atoms with Crippen molar-refractivity contribution in [2.45, 2.75) is 46.5 Å². The Balaban J connectivity index is 2.22. The van der Waals surface area contributed by atoms with Crippen LogP contribution in [0, 0.1) is 6.92 Å². The van der Waals surface area contributed by atoms with Gasteiger partial charge < -0.3 is 10.2 Å². The molecule has 0 spiro atoms. The predicted molar refractivity (Wildman–Crippen MR) is 102 cm³/mol. The van der Waals surface area contributed by atoms with Crippen LogP contribution in [-0.4, -0.2) is 20.2 Å². The molecule has 0 radical (unpaired) electrons. The van der Waals surface area contributed by atoms with E-state index in [0.29, 0.717) is 22.2 Å². The summed E-state index contributed by atoms with van der Waals surface area (Å²) in [4.78, 5) is 9.44. The maximum absolute atomic E-state index is 10.6. The van der Waals surface area contributed by atoms with Gasteiger partial charge in [0.25, 0.3) is 0 Å². The van der Waals surface area contributed by atoms with Crippen molar-refractivity contribution >= 4 is 22.1 Å². The maximum Gasteiger partial charge on any atom is 0.163 e. The molecular weight excluding hydrogens is 312 g/mol. The second-order valence-electron chi connectivity index (χ2n) is 6.91. The molecule has 1 aromatic heterocycles. The average Bonchev–Trinajstić information content (AvgIpc) is 2.58. The third-order valence-corrected chi connectivity index (χ3v) is 4.66. The van der Waals surface area contributed by atoms with Crippen LogP contribution in [0.3, 0.4) is 0 Å². The number of aromatic nitrogens is 2. The Kier molecular flexibility index (Phi) is 4.62. The maximum atomic E-state index is 10.6. The van der Waals surface area contributed by atoms with Crippen molar-refractivity contribution in [3.8, 4) is 11.5 Å². The lowest BCUT2D eigenvalue weighted by Gasteiger charge is -2.18. The van der Waals surface area contributed by atoms with Gasteiger partial charge in [0, 0.05) is 11.1 Å². The Morgan fingerprint density at radius 2 is 1.64 bits per heavy atom. The van der Waals surface area contributed by atoms with Gasteiger partial charge >= 0.3 is 0 Å². The molecule has 0 aliphatic rings. The molecule has 130 valence electrons. The highest BCUT2D eigenvalue weighted by atomic mass is 16.3. The van der Waals surface area contributed by atoms with Gasteiger partial charge in [-0.15, -0.1) is 0 Å². The molecule has 2 N–H and O–H groups in total. The van der Waals surface area contributed by atoms with E-state index in [1.807, 2.05) is 24.3 Å². The quantitative estimate of drug-likeness (QED) is 0.383. The fourth-order valence-electron chi connectivity index (χ4n) is 3.21. The summed E-state index contributed by atoms with van der Waals surface area (Å²) in [6.45, 7) is 7.97. The lowest BCUT2D eigenvalue weighted by atomic mass is 9.91. The fourth-order valence-corrected chi connectivity index (χ4v) is 3.21. The first kappa shape index (κ1) is 17.2. The zero-order chi connectivity index (χ0) is 18.1. The number of aryl methyl sites for hydroxylation is 1. The number of phenols is 2. The summed E-state index contributed by atoms with van der Waals surface area (Å²) in [7, 11) is 0. The van der Waals surface area contributed by atoms with Crippen molar-refractivity contribution in [2.75, 3.05) is 0 Å². The van der Waals surface area contributed by atoms with Crippen molar-refractivity contribution in [3.05, 3.63) is 47.0 Å². The van der Waals surface area contributed by atoms with Gasteiger partial charge in [-0.1, -0.05) is 30.7 Å². The van der Waals surface area contributed by atoms with Crippen LogP contribution in [-0.2, 0) is 0 Å². The number of rotatable bonds is 4. The number of para-hydroxylation sites is 2. The summed E-state index contributed by atoms with van der Waals surface area (Å²) >= 11 is 0. The van der Waals surface area contributed by atoms with Gasteiger partial charge in [0.2, 0.25) is 0 Å². The van der Waals surface area contributed by atoms with Crippen LogP contribution in [0.25, 0.3) is 22.1 Å². The highest BCUT2D eigenvalue weighted by Crippen LogP contribution is 2.43. The summed E-state index contributed by atoms with van der Waals surface area (Å²) < 4.78 is 0. The predicted octanol–water partition coefficient (Wildman–Crippen LogP) is 5.35. The van der Waals surface area contributed by atoms with Crippen LogP contribution >= 0.6 is 0 Å². The van der Waals surface area contributed by atoms with Crippen LogP contribution in [0.2, 0.25) is 0 Å². The van der Waals surface area contributed by atoms with Crippen molar-refractivity contribution in [3.63, 3.8) is 0 Å². The summed E-state index contributed by atoms with van der Waals surface area (Å²) in [6, 6.07) is 7.66. The van der Waals surface area contributed by atoms with Gasteiger partial charge in [-0.25, -0.2) is 9.97 Å². The summed E-state index contributed by atoms with van der Waals surface area (Å²) in [5.74, 6) is -0.111. The van der Waals surface area contributed by atoms with E-state index in [-0.39, 0.29) is 17.4 Å². The molecule has 0 fully saturated rings. The number of phenolic OH excluding ortho intramolecular Hbond substituents is 2. The number of hydrogen-bond acceptors (Lipinski definition) is 4. The standard InChI is InChI=1S/C21H24N2O2/c1-12(2)8-7-9-13(3)17-19-18(14(4)20(24)21(17)25)22-15-10-5-6-11-16(15)23-19/h5-6,8,10-11,13,24-25H,7,9H2,1-4H3/t13-/m1/s1. The number of benzene rings is 2. The van der Waals surface area contributed by atoms with Gasteiger partial charge in [-0.3, -0.25) is 0 Å². The van der Waals surface area contributed by atoms with Crippen LogP contribution < -0.4 is 0 Å². The van der Waals surface area contributed by atoms with Crippen molar-refractivity contribution in [1.82, 2.24) is 9.97 Å². The molecule has 3 aromatic rings. The van der Waals surface area contributed by atoms with E-state index >= 15 is 0 Å². The van der Waals surface area contributed by atoms with Gasteiger partial charge in [0.15, 0.2) is 11.5 Å². The molecule has 25 heavy (non-hydrogen) atoms. The molecule has 0 saturated heterocycles. The summed E-state index contributed by atoms with van der Waals surface area (Å²) in [5.41, 5.74) is 5.42. The molecule has 3 rings (SSSR count). The van der Waals surface area contributed by atoms with Crippen LogP contribution in [0.4, 0.5) is 0 Å². The van der Waals surface area contributed by atoms with E-state index in [0.717, 1.165) is 23.9 Å². The van der Waals surface area contributed by atoms with E-state index < -0.39 is 0 Å². The van der Waals surface area contributed by atoms with Crippen molar-refractivity contribution in [2.24, 2.45) is 0 Å². The zero-order valence-corrected chi connectivity index (χ0v) is 15.2. The number of nitrogens with zero attached hydrogens (tertiary/aromatic N) is 2. The Bertz CT molecular complexity index is 973. The Morgan fingerprint density at radius 3 is 2.24 bits per heavy atom. The van der Waals surface area contributed by atoms with E-state index in [1.54, 1.807) is 6.92 Å². The molecule has 4 nitrogen and oxygen atoms in total. The first-order valence-corrected chi connectivity index (χ1v) is 8.64. The van der Waals surface area contributed by atoms with Crippen LogP contribution in [0.5, 0.6) is 11.5 Å². The Morgan fingerprint density at radius 1 is 1.04 bits per heavy atom. The molecule has 1 heterocycles. The Labute approximate surface area is 147 Å². The molecule has 2 aromatic carbocycles. The van der Waals surface area contributed by atoms with Gasteiger partial charge in [0.1, 0.15) is 0 Å². The highest BCUT2D eigenvalue weighted by molar-refractivity contribution is 5.93. The topological polar surface area (TPSA) is 66.2 Å². The number of aromatic hydroxyl groups is 2. The first-order chi connectivity index (χ1) is 11.9. The fraction of sp³-hybridized carbons (Fsp3) is 0.333. The molecule has 4 heteroatoms. The van der Waals surface area contributed by atoms with E-state index in [2.05, 4.69) is 31.8 Å². The van der Waals surface area contributed by atoms with Crippen LogP contribution in [0.15, 0.2) is 35.9 Å². The van der Waals surface area contributed by atoms with Gasteiger partial charge in [0.05, 0.1) is 22.1 Å². The molecule has 0 bridgehead atoms. The molecule has 0 aliphatic heterocycles. The second-order valence-corrected chi connectivity index (χ2v) is 6.91. The lowest BCUT2D eigenvalue weighted by Crippen LogP contribution is -2.01. The summed E-state index contributed by atoms with van der Waals surface area (Å²) in [5, 5.41) is 21.0. The molecule has 0 aliphatic carbocycles. The summed E-state index contributed by atoms with van der Waals surface area (Å²) in [6.07, 6.45) is 3.97. The largest absolute Gasteiger partial charge is 0.504 e. The molecule has 0 amide bonds. The molecule has 1 atom stereocenters. The van der Waals surface area contributed by atoms with E-state index in [4.69, 9.17) is 4.98 Å². The normalized spacial score (nSPS) is 12.5. The van der Waals surface area contributed by atoms with Crippen LogP contribution in [0.1, 0.15) is 50.7 Å². The highest BCUT2D eigenvalue weighted by Gasteiger charge is 2.22. The minimum atomic E-state index is -0.0962. The second kappa shape index (κ2) is 6.71. The minimum Gasteiger partial charge on any atom is -0.504 e. The molecular formula is C21H24N2O2. The lowest BCUT2D eigenvalue weighted by molar-refractivity contribution is 0.394. The van der Waals surface area contributed by atoms with E-state index in [1.165, 1.54) is 5.57 Å². The molecule has 0 unspecified atom stereocenters. The number of fused-ring (bicyclic) bond motifs is 2. The average molecular weight is 336 g/mol. The first-order valence-electron chi connectivity index (χ1n) is 8.64. The van der Waals surface area contributed by atoms with E-state index in [9.17, 15) is 10.2 Å². The third kappa shape index (κ3) is 3.16. The molecule has 0 saturated carbocycles. The van der Waals surface area contributed by atoms with Crippen molar-refractivity contribution < 1.29 is 10.2 Å². The number of hydrogen-bond donors (Lipinski definition) is 2.